The summed E-state index contributed by atoms with van der Waals surface area (Å²) >= 11 is 0. The van der Waals surface area contributed by atoms with Crippen LogP contribution in [0.2, 0.25) is 0 Å². The molecule has 0 bridgehead atoms. The third-order valence-corrected chi connectivity index (χ3v) is 6.57. The Labute approximate surface area is 194 Å². The van der Waals surface area contributed by atoms with E-state index in [9.17, 15) is 4.79 Å². The van der Waals surface area contributed by atoms with Crippen LogP contribution in [0.5, 0.6) is 5.75 Å². The van der Waals surface area contributed by atoms with E-state index in [1.807, 2.05) is 29.2 Å². The highest BCUT2D eigenvalue weighted by atomic mass is 16.7. The zero-order valence-electron chi connectivity index (χ0n) is 19.1. The number of carbonyl (C=O) groups excluding carboxylic acids is 1. The second kappa shape index (κ2) is 9.04. The summed E-state index contributed by atoms with van der Waals surface area (Å²) in [5.74, 6) is 0.284. The molecule has 6 nitrogen and oxygen atoms in total. The molecule has 0 N–H and O–H groups in total. The van der Waals surface area contributed by atoms with Crippen LogP contribution in [0.1, 0.15) is 34.5 Å². The van der Waals surface area contributed by atoms with Gasteiger partial charge in [-0.2, -0.15) is 0 Å². The Morgan fingerprint density at radius 1 is 1.12 bits per heavy atom. The average molecular weight is 447 g/mol. The predicted molar refractivity (Wildman–Crippen MR) is 128 cm³/mol. The van der Waals surface area contributed by atoms with Gasteiger partial charge in [0.15, 0.2) is 5.79 Å². The molecule has 2 saturated heterocycles. The van der Waals surface area contributed by atoms with Crippen LogP contribution < -0.4 is 4.74 Å². The Bertz CT molecular complexity index is 1150. The molecule has 0 aliphatic carbocycles. The van der Waals surface area contributed by atoms with Gasteiger partial charge in [-0.1, -0.05) is 48.6 Å². The largest absolute Gasteiger partial charge is 0.489 e. The van der Waals surface area contributed by atoms with Crippen LogP contribution in [0.15, 0.2) is 61.2 Å². The molecule has 1 amide bonds. The van der Waals surface area contributed by atoms with Crippen LogP contribution in [0.4, 0.5) is 0 Å². The van der Waals surface area contributed by atoms with Crippen molar-refractivity contribution in [2.24, 2.45) is 0 Å². The lowest BCUT2D eigenvalue weighted by Gasteiger charge is -2.37. The number of hydrogen-bond acceptors (Lipinski definition) is 4. The minimum Gasteiger partial charge on any atom is -0.489 e. The van der Waals surface area contributed by atoms with Gasteiger partial charge in [0.05, 0.1) is 18.7 Å². The van der Waals surface area contributed by atoms with Crippen molar-refractivity contribution in [2.75, 3.05) is 32.9 Å². The number of fused-ring (bicyclic) bond motifs is 1. The number of likely N-dealkylation sites (tertiary alicyclic amines) is 1. The summed E-state index contributed by atoms with van der Waals surface area (Å²) in [5.41, 5.74) is 4.02. The number of nitrogens with zero attached hydrogens (tertiary/aromatic N) is 2. The predicted octanol–water partition coefficient (Wildman–Crippen LogP) is 4.54. The van der Waals surface area contributed by atoms with Gasteiger partial charge in [-0.05, 0) is 30.7 Å². The van der Waals surface area contributed by atoms with E-state index < -0.39 is 5.79 Å². The molecule has 3 aromatic rings. The van der Waals surface area contributed by atoms with Crippen LogP contribution in [0.3, 0.4) is 0 Å². The van der Waals surface area contributed by atoms with Crippen molar-refractivity contribution in [3.63, 3.8) is 0 Å². The van der Waals surface area contributed by atoms with E-state index in [1.165, 1.54) is 5.56 Å². The highest BCUT2D eigenvalue weighted by Crippen LogP contribution is 2.34. The van der Waals surface area contributed by atoms with E-state index in [0.717, 1.165) is 22.2 Å². The SMILES string of the molecule is C=CCOc1cccc2c1cc(C(=O)N1CCC3(CC1)OCCO3)n2Cc1ccc(C)cc1. The third-order valence-electron chi connectivity index (χ3n) is 6.57. The molecule has 1 aromatic heterocycles. The van der Waals surface area contributed by atoms with Gasteiger partial charge in [-0.3, -0.25) is 4.79 Å². The molecule has 172 valence electrons. The smallest absolute Gasteiger partial charge is 0.270 e. The minimum atomic E-state index is -0.503. The normalized spacial score (nSPS) is 17.5. The number of amides is 1. The number of aryl methyl sites for hydroxylation is 1. The molecule has 2 fully saturated rings. The molecule has 0 unspecified atom stereocenters. The van der Waals surface area contributed by atoms with Gasteiger partial charge >= 0.3 is 0 Å². The molecule has 2 aliphatic heterocycles. The van der Waals surface area contributed by atoms with Gasteiger partial charge < -0.3 is 23.7 Å². The van der Waals surface area contributed by atoms with Crippen molar-refractivity contribution in [3.8, 4) is 5.75 Å². The lowest BCUT2D eigenvalue weighted by Crippen LogP contribution is -2.47. The molecule has 3 heterocycles. The zero-order valence-corrected chi connectivity index (χ0v) is 19.1. The molecule has 0 atom stereocenters. The van der Waals surface area contributed by atoms with Crippen LogP contribution in [-0.2, 0) is 16.0 Å². The number of rotatable bonds is 6. The van der Waals surface area contributed by atoms with Crippen LogP contribution in [0, 0.1) is 6.92 Å². The molecule has 1 spiro atoms. The van der Waals surface area contributed by atoms with E-state index >= 15 is 0 Å². The number of aromatic nitrogens is 1. The topological polar surface area (TPSA) is 52.9 Å². The molecule has 2 aliphatic rings. The Balaban J connectivity index is 1.49. The molecular weight excluding hydrogens is 416 g/mol. The highest BCUT2D eigenvalue weighted by molar-refractivity contribution is 6.00. The Morgan fingerprint density at radius 2 is 1.85 bits per heavy atom. The monoisotopic (exact) mass is 446 g/mol. The first kappa shape index (κ1) is 21.7. The summed E-state index contributed by atoms with van der Waals surface area (Å²) in [5, 5.41) is 0.936. The van der Waals surface area contributed by atoms with Crippen molar-refractivity contribution in [1.82, 2.24) is 9.47 Å². The minimum absolute atomic E-state index is 0.0285. The average Bonchev–Trinajstić information content (AvgIpc) is 3.44. The first-order chi connectivity index (χ1) is 16.1. The Kier molecular flexibility index (Phi) is 5.96. The highest BCUT2D eigenvalue weighted by Gasteiger charge is 2.41. The number of ether oxygens (including phenoxy) is 3. The maximum Gasteiger partial charge on any atom is 0.270 e. The number of benzene rings is 2. The molecular formula is C27H30N2O4. The second-order valence-corrected chi connectivity index (χ2v) is 8.79. The summed E-state index contributed by atoms with van der Waals surface area (Å²) < 4.78 is 19.7. The van der Waals surface area contributed by atoms with Gasteiger partial charge in [0.1, 0.15) is 18.1 Å². The summed E-state index contributed by atoms with van der Waals surface area (Å²) in [6.45, 7) is 9.35. The van der Waals surface area contributed by atoms with Gasteiger partial charge in [0, 0.05) is 37.9 Å². The van der Waals surface area contributed by atoms with E-state index in [1.54, 1.807) is 6.08 Å². The molecule has 0 saturated carbocycles. The summed E-state index contributed by atoms with van der Waals surface area (Å²) in [6, 6.07) is 16.4. The fourth-order valence-corrected chi connectivity index (χ4v) is 4.75. The first-order valence-electron chi connectivity index (χ1n) is 11.6. The Hall–Kier alpha value is -3.09. The van der Waals surface area contributed by atoms with Crippen molar-refractivity contribution in [2.45, 2.75) is 32.1 Å². The van der Waals surface area contributed by atoms with Crippen molar-refractivity contribution in [1.29, 1.82) is 0 Å². The lowest BCUT2D eigenvalue weighted by atomic mass is 10.0. The third kappa shape index (κ3) is 4.28. The van der Waals surface area contributed by atoms with E-state index in [-0.39, 0.29) is 5.91 Å². The standard InChI is InChI=1S/C27H30N2O4/c1-3-15-31-25-6-4-5-23-22(25)18-24(29(23)19-21-9-7-20(2)8-10-21)26(30)28-13-11-27(12-14-28)32-16-17-33-27/h3-10,18H,1,11-17,19H2,2H3. The Morgan fingerprint density at radius 3 is 2.55 bits per heavy atom. The van der Waals surface area contributed by atoms with E-state index in [4.69, 9.17) is 14.2 Å². The van der Waals surface area contributed by atoms with Gasteiger partial charge in [0.25, 0.3) is 5.91 Å². The molecule has 0 radical (unpaired) electrons. The fourth-order valence-electron chi connectivity index (χ4n) is 4.75. The van der Waals surface area contributed by atoms with Crippen molar-refractivity contribution in [3.05, 3.63) is 78.0 Å². The maximum absolute atomic E-state index is 13.7. The van der Waals surface area contributed by atoms with Crippen LogP contribution >= 0.6 is 0 Å². The molecule has 5 rings (SSSR count). The number of hydrogen-bond donors (Lipinski definition) is 0. The van der Waals surface area contributed by atoms with Crippen LogP contribution in [-0.4, -0.2) is 54.1 Å². The second-order valence-electron chi connectivity index (χ2n) is 8.79. The molecule has 33 heavy (non-hydrogen) atoms. The fraction of sp³-hybridized carbons (Fsp3) is 0.370. The maximum atomic E-state index is 13.7. The molecule has 6 heteroatoms. The first-order valence-corrected chi connectivity index (χ1v) is 11.6. The quantitative estimate of drug-likeness (QED) is 0.522. The summed E-state index contributed by atoms with van der Waals surface area (Å²) in [7, 11) is 0. The van der Waals surface area contributed by atoms with Crippen molar-refractivity contribution >= 4 is 16.8 Å². The van der Waals surface area contributed by atoms with E-state index in [2.05, 4.69) is 42.3 Å². The summed E-state index contributed by atoms with van der Waals surface area (Å²) in [6.07, 6.45) is 3.13. The van der Waals surface area contributed by atoms with Gasteiger partial charge in [0.2, 0.25) is 0 Å². The van der Waals surface area contributed by atoms with Crippen molar-refractivity contribution < 1.29 is 19.0 Å². The van der Waals surface area contributed by atoms with Crippen LogP contribution in [0.25, 0.3) is 10.9 Å². The number of carbonyl (C=O) groups is 1. The molecule has 2 aromatic carbocycles. The van der Waals surface area contributed by atoms with E-state index in [0.29, 0.717) is 58.0 Å². The lowest BCUT2D eigenvalue weighted by molar-refractivity contribution is -0.181. The summed E-state index contributed by atoms with van der Waals surface area (Å²) in [4.78, 5) is 15.6. The number of piperidine rings is 1. The van der Waals surface area contributed by atoms with Gasteiger partial charge in [-0.25, -0.2) is 0 Å². The zero-order chi connectivity index (χ0) is 22.8. The van der Waals surface area contributed by atoms with Gasteiger partial charge in [-0.15, -0.1) is 0 Å².